The van der Waals surface area contributed by atoms with Crippen LogP contribution in [0.3, 0.4) is 0 Å². The SMILES string of the molecule is CC(C)N1Cc2c(cccc2-c2nc3ccccc3[nH]c2=O)C1=O. The Bertz CT molecular complexity index is 1020. The number of carbonyl (C=O) groups excluding carboxylic acids is 1. The number of carbonyl (C=O) groups is 1. The average molecular weight is 319 g/mol. The summed E-state index contributed by atoms with van der Waals surface area (Å²) in [7, 11) is 0. The molecule has 1 aliphatic heterocycles. The van der Waals surface area contributed by atoms with E-state index in [0.717, 1.165) is 16.6 Å². The highest BCUT2D eigenvalue weighted by Crippen LogP contribution is 2.31. The van der Waals surface area contributed by atoms with Crippen molar-refractivity contribution >= 4 is 16.9 Å². The fraction of sp³-hybridized carbons (Fsp3) is 0.211. The van der Waals surface area contributed by atoms with Crippen LogP contribution in [0.5, 0.6) is 0 Å². The maximum atomic E-state index is 12.5. The van der Waals surface area contributed by atoms with Crippen LogP contribution >= 0.6 is 0 Å². The summed E-state index contributed by atoms with van der Waals surface area (Å²) in [5.41, 5.74) is 3.84. The largest absolute Gasteiger partial charge is 0.332 e. The van der Waals surface area contributed by atoms with Gasteiger partial charge in [0.1, 0.15) is 5.69 Å². The first kappa shape index (κ1) is 14.6. The number of amides is 1. The molecule has 2 heterocycles. The molecule has 2 aromatic carbocycles. The van der Waals surface area contributed by atoms with Gasteiger partial charge < -0.3 is 9.88 Å². The lowest BCUT2D eigenvalue weighted by Crippen LogP contribution is -2.30. The van der Waals surface area contributed by atoms with Crippen LogP contribution in [0, 0.1) is 0 Å². The van der Waals surface area contributed by atoms with Gasteiger partial charge in [-0.3, -0.25) is 9.59 Å². The molecule has 120 valence electrons. The van der Waals surface area contributed by atoms with Crippen molar-refractivity contribution in [2.45, 2.75) is 26.4 Å². The highest BCUT2D eigenvalue weighted by Gasteiger charge is 2.31. The second-order valence-corrected chi connectivity index (χ2v) is 6.29. The molecule has 0 aliphatic carbocycles. The Morgan fingerprint density at radius 3 is 2.58 bits per heavy atom. The van der Waals surface area contributed by atoms with Crippen molar-refractivity contribution in [3.63, 3.8) is 0 Å². The fourth-order valence-corrected chi connectivity index (χ4v) is 3.21. The summed E-state index contributed by atoms with van der Waals surface area (Å²) in [6, 6.07) is 13.0. The first-order chi connectivity index (χ1) is 11.6. The number of nitrogens with zero attached hydrogens (tertiary/aromatic N) is 2. The van der Waals surface area contributed by atoms with Gasteiger partial charge in [0.25, 0.3) is 11.5 Å². The molecule has 3 aromatic rings. The summed E-state index contributed by atoms with van der Waals surface area (Å²) in [6.45, 7) is 4.49. The Hall–Kier alpha value is -2.95. The molecular weight excluding hydrogens is 302 g/mol. The van der Waals surface area contributed by atoms with Gasteiger partial charge in [-0.05, 0) is 37.6 Å². The number of nitrogens with one attached hydrogen (secondary N) is 1. The fourth-order valence-electron chi connectivity index (χ4n) is 3.21. The topological polar surface area (TPSA) is 66.1 Å². The van der Waals surface area contributed by atoms with Gasteiger partial charge in [-0.2, -0.15) is 0 Å². The van der Waals surface area contributed by atoms with E-state index in [4.69, 9.17) is 0 Å². The third-order valence-electron chi connectivity index (χ3n) is 4.47. The molecule has 1 amide bonds. The highest BCUT2D eigenvalue weighted by molar-refractivity contribution is 6.00. The van der Waals surface area contributed by atoms with Crippen LogP contribution in [0.25, 0.3) is 22.3 Å². The van der Waals surface area contributed by atoms with Crippen LogP contribution in [0.15, 0.2) is 47.3 Å². The van der Waals surface area contributed by atoms with Crippen molar-refractivity contribution in [2.24, 2.45) is 0 Å². The van der Waals surface area contributed by atoms with E-state index in [2.05, 4.69) is 9.97 Å². The number of fused-ring (bicyclic) bond motifs is 2. The van der Waals surface area contributed by atoms with Crippen molar-refractivity contribution in [2.75, 3.05) is 0 Å². The summed E-state index contributed by atoms with van der Waals surface area (Å²) in [4.78, 5) is 34.3. The van der Waals surface area contributed by atoms with Gasteiger partial charge in [0.15, 0.2) is 0 Å². The number of aromatic nitrogens is 2. The summed E-state index contributed by atoms with van der Waals surface area (Å²) < 4.78 is 0. The number of hydrogen-bond acceptors (Lipinski definition) is 3. The highest BCUT2D eigenvalue weighted by atomic mass is 16.2. The van der Waals surface area contributed by atoms with E-state index in [9.17, 15) is 9.59 Å². The summed E-state index contributed by atoms with van der Waals surface area (Å²) >= 11 is 0. The maximum Gasteiger partial charge on any atom is 0.274 e. The molecule has 0 bridgehead atoms. The van der Waals surface area contributed by atoms with Crippen molar-refractivity contribution in [3.05, 3.63) is 63.9 Å². The molecule has 0 spiro atoms. The molecule has 1 aromatic heterocycles. The lowest BCUT2D eigenvalue weighted by atomic mass is 10.0. The van der Waals surface area contributed by atoms with E-state index in [1.54, 1.807) is 0 Å². The minimum Gasteiger partial charge on any atom is -0.332 e. The van der Waals surface area contributed by atoms with Crippen molar-refractivity contribution in [1.82, 2.24) is 14.9 Å². The van der Waals surface area contributed by atoms with Gasteiger partial charge in [0.2, 0.25) is 0 Å². The van der Waals surface area contributed by atoms with Gasteiger partial charge in [-0.25, -0.2) is 4.98 Å². The van der Waals surface area contributed by atoms with Crippen molar-refractivity contribution in [3.8, 4) is 11.3 Å². The molecule has 0 unspecified atom stereocenters. The van der Waals surface area contributed by atoms with Gasteiger partial charge in [0, 0.05) is 23.7 Å². The van der Waals surface area contributed by atoms with Crippen molar-refractivity contribution < 1.29 is 4.79 Å². The van der Waals surface area contributed by atoms with Crippen LogP contribution in [-0.4, -0.2) is 26.8 Å². The smallest absolute Gasteiger partial charge is 0.274 e. The predicted molar refractivity (Wildman–Crippen MR) is 92.8 cm³/mol. The Balaban J connectivity index is 1.93. The number of hydrogen-bond donors (Lipinski definition) is 1. The van der Waals surface area contributed by atoms with E-state index < -0.39 is 0 Å². The van der Waals surface area contributed by atoms with Crippen LogP contribution in [0.2, 0.25) is 0 Å². The van der Waals surface area contributed by atoms with Crippen LogP contribution in [0.4, 0.5) is 0 Å². The molecule has 5 heteroatoms. The molecule has 1 N–H and O–H groups in total. The van der Waals surface area contributed by atoms with E-state index in [0.29, 0.717) is 23.3 Å². The monoisotopic (exact) mass is 319 g/mol. The lowest BCUT2D eigenvalue weighted by Gasteiger charge is -2.20. The number of benzene rings is 2. The maximum absolute atomic E-state index is 12.5. The molecule has 0 radical (unpaired) electrons. The molecule has 0 atom stereocenters. The standard InChI is InChI=1S/C19H17N3O2/c1-11(2)22-10-14-12(6-5-7-13(14)19(22)24)17-18(23)21-16-9-4-3-8-15(16)20-17/h3-9,11H,10H2,1-2H3,(H,21,23). The Kier molecular flexibility index (Phi) is 3.23. The molecule has 0 fully saturated rings. The van der Waals surface area contributed by atoms with Gasteiger partial charge in [-0.15, -0.1) is 0 Å². The quantitative estimate of drug-likeness (QED) is 0.790. The van der Waals surface area contributed by atoms with Crippen LogP contribution in [-0.2, 0) is 6.54 Å². The Morgan fingerprint density at radius 2 is 1.79 bits per heavy atom. The second-order valence-electron chi connectivity index (χ2n) is 6.29. The van der Waals surface area contributed by atoms with Gasteiger partial charge >= 0.3 is 0 Å². The molecule has 0 saturated heterocycles. The minimum atomic E-state index is -0.238. The molecular formula is C19H17N3O2. The van der Waals surface area contributed by atoms with E-state index in [-0.39, 0.29) is 17.5 Å². The third kappa shape index (κ3) is 2.12. The van der Waals surface area contributed by atoms with Crippen molar-refractivity contribution in [1.29, 1.82) is 0 Å². The third-order valence-corrected chi connectivity index (χ3v) is 4.47. The van der Waals surface area contributed by atoms with E-state index in [1.807, 2.05) is 61.2 Å². The zero-order chi connectivity index (χ0) is 16.8. The minimum absolute atomic E-state index is 0.0130. The normalized spacial score (nSPS) is 13.8. The zero-order valence-corrected chi connectivity index (χ0v) is 13.5. The molecule has 24 heavy (non-hydrogen) atoms. The first-order valence-corrected chi connectivity index (χ1v) is 7.98. The van der Waals surface area contributed by atoms with Gasteiger partial charge in [-0.1, -0.05) is 24.3 Å². The molecule has 4 rings (SSSR count). The lowest BCUT2D eigenvalue weighted by molar-refractivity contribution is 0.0730. The van der Waals surface area contributed by atoms with Crippen LogP contribution < -0.4 is 5.56 Å². The van der Waals surface area contributed by atoms with Gasteiger partial charge in [0.05, 0.1) is 11.0 Å². The van der Waals surface area contributed by atoms with E-state index in [1.165, 1.54) is 0 Å². The summed E-state index contributed by atoms with van der Waals surface area (Å²) in [5, 5.41) is 0. The van der Waals surface area contributed by atoms with E-state index >= 15 is 0 Å². The number of aromatic amines is 1. The Morgan fingerprint density at radius 1 is 1.04 bits per heavy atom. The molecule has 0 saturated carbocycles. The number of para-hydroxylation sites is 2. The number of H-pyrrole nitrogens is 1. The summed E-state index contributed by atoms with van der Waals surface area (Å²) in [5.74, 6) is 0.0130. The van der Waals surface area contributed by atoms with Crippen LogP contribution in [0.1, 0.15) is 29.8 Å². The predicted octanol–water partition coefficient (Wildman–Crippen LogP) is 2.95. The molecule has 5 nitrogen and oxygen atoms in total. The second kappa shape index (κ2) is 5.30. The summed E-state index contributed by atoms with van der Waals surface area (Å²) in [6.07, 6.45) is 0. The molecule has 1 aliphatic rings. The number of rotatable bonds is 2. The average Bonchev–Trinajstić information content (AvgIpc) is 2.92. The first-order valence-electron chi connectivity index (χ1n) is 7.98. The Labute approximate surface area is 139 Å². The zero-order valence-electron chi connectivity index (χ0n) is 13.5.